The van der Waals surface area contributed by atoms with Gasteiger partial charge in [-0.3, -0.25) is 9.59 Å². The fraction of sp³-hybridized carbons (Fsp3) is 0.371. The normalized spacial score (nSPS) is 17.7. The summed E-state index contributed by atoms with van der Waals surface area (Å²) in [6.07, 6.45) is 3.91. The number of carbonyl (C=O) groups is 2. The number of hydrogen-bond acceptors (Lipinski definition) is 10. The second kappa shape index (κ2) is 17.4. The number of hydrogen-bond donors (Lipinski definition) is 4. The Morgan fingerprint density at radius 3 is 2.23 bits per heavy atom. The smallest absolute Gasteiger partial charge is 0.224 e. The maximum Gasteiger partial charge on any atom is 0.224 e. The van der Waals surface area contributed by atoms with E-state index in [2.05, 4.69) is 20.8 Å². The second-order valence-corrected chi connectivity index (χ2v) is 13.9. The number of rotatable bonds is 15. The van der Waals surface area contributed by atoms with Gasteiger partial charge in [0.1, 0.15) is 5.01 Å². The van der Waals surface area contributed by atoms with Gasteiger partial charge in [-0.2, -0.15) is 0 Å². The van der Waals surface area contributed by atoms with Crippen LogP contribution in [0.4, 0.5) is 17.1 Å². The van der Waals surface area contributed by atoms with Crippen LogP contribution in [-0.4, -0.2) is 39.0 Å². The van der Waals surface area contributed by atoms with E-state index < -0.39 is 6.29 Å². The van der Waals surface area contributed by atoms with Crippen LogP contribution in [0.2, 0.25) is 0 Å². The number of nitrogens with one attached hydrogen (secondary N) is 2. The van der Waals surface area contributed by atoms with Gasteiger partial charge in [0.15, 0.2) is 10.6 Å². The minimum atomic E-state index is -0.579. The Morgan fingerprint density at radius 2 is 1.57 bits per heavy atom. The maximum absolute atomic E-state index is 12.6. The summed E-state index contributed by atoms with van der Waals surface area (Å²) in [5.41, 5.74) is 10.5. The molecule has 1 aliphatic rings. The lowest BCUT2D eigenvalue weighted by atomic mass is 10.0. The van der Waals surface area contributed by atoms with Crippen LogP contribution in [0.3, 0.4) is 0 Å². The van der Waals surface area contributed by atoms with Crippen molar-refractivity contribution >= 4 is 52.0 Å². The molecule has 47 heavy (non-hydrogen) atoms. The minimum Gasteiger partial charge on any atom is -0.397 e. The summed E-state index contributed by atoms with van der Waals surface area (Å²) in [6.45, 7) is 1.93. The molecule has 0 bridgehead atoms. The largest absolute Gasteiger partial charge is 0.397 e. The Hall–Kier alpha value is -3.81. The van der Waals surface area contributed by atoms with Crippen molar-refractivity contribution in [3.05, 3.63) is 94.5 Å². The van der Waals surface area contributed by atoms with Crippen LogP contribution in [0.15, 0.2) is 77.1 Å². The summed E-state index contributed by atoms with van der Waals surface area (Å²) in [5, 5.41) is 24.5. The van der Waals surface area contributed by atoms with Crippen LogP contribution in [0.1, 0.15) is 79.0 Å². The molecule has 0 spiro atoms. The lowest BCUT2D eigenvalue weighted by Gasteiger charge is -2.36. The third-order valence-electron chi connectivity index (χ3n) is 7.77. The number of aliphatic hydroxyl groups excluding tert-OH is 1. The number of anilines is 3. The van der Waals surface area contributed by atoms with E-state index in [9.17, 15) is 14.7 Å². The molecule has 1 fully saturated rings. The molecule has 0 radical (unpaired) electrons. The molecule has 1 aliphatic heterocycles. The van der Waals surface area contributed by atoms with E-state index in [4.69, 9.17) is 15.2 Å². The van der Waals surface area contributed by atoms with E-state index in [0.717, 1.165) is 51.7 Å². The number of nitrogen functional groups attached to an aromatic ring is 1. The molecule has 3 aromatic carbocycles. The van der Waals surface area contributed by atoms with Gasteiger partial charge in [-0.25, -0.2) is 0 Å². The molecule has 1 saturated heterocycles. The number of amides is 2. The van der Waals surface area contributed by atoms with Crippen molar-refractivity contribution in [2.75, 3.05) is 22.1 Å². The van der Waals surface area contributed by atoms with E-state index >= 15 is 0 Å². The Bertz CT molecular complexity index is 1600. The second-order valence-electron chi connectivity index (χ2n) is 11.5. The zero-order valence-corrected chi connectivity index (χ0v) is 28.0. The molecule has 4 aromatic rings. The first-order chi connectivity index (χ1) is 22.9. The number of aromatic nitrogens is 2. The molecule has 0 aliphatic carbocycles. The lowest BCUT2D eigenvalue weighted by Crippen LogP contribution is -2.31. The average molecular weight is 676 g/mol. The van der Waals surface area contributed by atoms with Gasteiger partial charge >= 0.3 is 0 Å². The van der Waals surface area contributed by atoms with Gasteiger partial charge in [0.25, 0.3) is 0 Å². The zero-order valence-electron chi connectivity index (χ0n) is 26.4. The van der Waals surface area contributed by atoms with Gasteiger partial charge in [-0.15, -0.1) is 10.2 Å². The average Bonchev–Trinajstić information content (AvgIpc) is 3.51. The Balaban J connectivity index is 1.08. The van der Waals surface area contributed by atoms with Crippen molar-refractivity contribution in [3.63, 3.8) is 0 Å². The van der Waals surface area contributed by atoms with Crippen LogP contribution in [0.25, 0.3) is 0 Å². The summed E-state index contributed by atoms with van der Waals surface area (Å²) < 4.78 is 13.8. The van der Waals surface area contributed by atoms with Crippen molar-refractivity contribution in [1.82, 2.24) is 10.2 Å². The maximum atomic E-state index is 12.6. The molecule has 12 heteroatoms. The molecule has 0 saturated carbocycles. The monoisotopic (exact) mass is 675 g/mol. The van der Waals surface area contributed by atoms with Gasteiger partial charge in [0.2, 0.25) is 11.8 Å². The number of para-hydroxylation sites is 2. The van der Waals surface area contributed by atoms with Crippen molar-refractivity contribution < 1.29 is 24.2 Å². The first kappa shape index (κ1) is 34.5. The Morgan fingerprint density at radius 1 is 0.894 bits per heavy atom. The number of nitrogens with zero attached hydrogens (tertiary/aromatic N) is 2. The molecule has 5 rings (SSSR count). The number of ether oxygens (including phenoxy) is 2. The third kappa shape index (κ3) is 10.6. The fourth-order valence-corrected chi connectivity index (χ4v) is 7.08. The third-order valence-corrected chi connectivity index (χ3v) is 9.88. The van der Waals surface area contributed by atoms with Crippen LogP contribution in [0, 0.1) is 6.92 Å². The first-order valence-electron chi connectivity index (χ1n) is 15.8. The molecule has 248 valence electrons. The van der Waals surface area contributed by atoms with E-state index in [1.54, 1.807) is 35.2 Å². The lowest BCUT2D eigenvalue weighted by molar-refractivity contribution is -0.245. The van der Waals surface area contributed by atoms with Gasteiger partial charge in [-0.1, -0.05) is 84.5 Å². The highest BCUT2D eigenvalue weighted by atomic mass is 32.2. The highest BCUT2D eigenvalue weighted by molar-refractivity contribution is 8.01. The number of aliphatic hydroxyl groups is 1. The summed E-state index contributed by atoms with van der Waals surface area (Å²) in [4.78, 5) is 24.8. The van der Waals surface area contributed by atoms with E-state index in [-0.39, 0.29) is 30.6 Å². The van der Waals surface area contributed by atoms with E-state index in [1.807, 2.05) is 67.6 Å². The quantitative estimate of drug-likeness (QED) is 0.0584. The molecule has 0 unspecified atom stereocenters. The van der Waals surface area contributed by atoms with E-state index in [0.29, 0.717) is 42.1 Å². The molecular formula is C35H41N5O5S2. The van der Waals surface area contributed by atoms with E-state index in [1.165, 1.54) is 0 Å². The standard InChI is InChI=1S/C35H41N5O5S2/c1-23-39-40-35(47-23)46-22-28-20-31(25-14-12-24(21-41)13-15-25)45-34(44-28)26-16-18-27(19-17-26)37-32(42)10-4-2-3-5-11-33(43)38-30-9-7-6-8-29(30)36/h6-9,12-19,28,31,34,41H,2-5,10-11,20-22,36H2,1H3,(H,37,42)(H,38,43)/t28-,31+,34+/m0/s1. The topological polar surface area (TPSA) is 149 Å². The number of nitrogens with two attached hydrogens (primary N) is 1. The number of carbonyl (C=O) groups excluding carboxylic acids is 2. The number of aryl methyl sites for hydroxylation is 1. The minimum absolute atomic E-state index is 0.00678. The Labute approximate surface area is 283 Å². The molecular weight excluding hydrogens is 635 g/mol. The van der Waals surface area contributed by atoms with Gasteiger partial charge in [0, 0.05) is 36.3 Å². The predicted molar refractivity (Wildman–Crippen MR) is 186 cm³/mol. The highest BCUT2D eigenvalue weighted by Crippen LogP contribution is 2.40. The van der Waals surface area contributed by atoms with Crippen LogP contribution < -0.4 is 16.4 Å². The molecule has 2 heterocycles. The van der Waals surface area contributed by atoms with Gasteiger partial charge in [0.05, 0.1) is 30.2 Å². The number of unbranched alkanes of at least 4 members (excludes halogenated alkanes) is 3. The molecule has 3 atom stereocenters. The predicted octanol–water partition coefficient (Wildman–Crippen LogP) is 7.18. The zero-order chi connectivity index (χ0) is 33.0. The van der Waals surface area contributed by atoms with Crippen molar-refractivity contribution in [3.8, 4) is 0 Å². The molecule has 1 aromatic heterocycles. The summed E-state index contributed by atoms with van der Waals surface area (Å²) in [5.74, 6) is 0.609. The van der Waals surface area contributed by atoms with Crippen molar-refractivity contribution in [1.29, 1.82) is 0 Å². The molecule has 5 N–H and O–H groups in total. The summed E-state index contributed by atoms with van der Waals surface area (Å²) in [7, 11) is 0. The first-order valence-corrected chi connectivity index (χ1v) is 17.6. The summed E-state index contributed by atoms with van der Waals surface area (Å²) >= 11 is 3.20. The highest BCUT2D eigenvalue weighted by Gasteiger charge is 2.32. The summed E-state index contributed by atoms with van der Waals surface area (Å²) in [6, 6.07) is 22.6. The van der Waals surface area contributed by atoms with Crippen LogP contribution in [0.5, 0.6) is 0 Å². The molecule has 2 amide bonds. The van der Waals surface area contributed by atoms with Crippen LogP contribution in [-0.2, 0) is 25.7 Å². The SMILES string of the molecule is Cc1nnc(SC[C@@H]2C[C@H](c3ccc(CO)cc3)O[C@H](c3ccc(NC(=O)CCCCCCC(=O)Nc4ccccc4N)cc3)O2)s1. The fourth-order valence-electron chi connectivity index (χ4n) is 5.22. The Kier molecular flexibility index (Phi) is 12.8. The van der Waals surface area contributed by atoms with Gasteiger partial charge in [-0.05, 0) is 55.2 Å². The van der Waals surface area contributed by atoms with Gasteiger partial charge < -0.3 is 30.9 Å². The van der Waals surface area contributed by atoms with Crippen molar-refractivity contribution in [2.45, 2.75) is 81.3 Å². The van der Waals surface area contributed by atoms with Crippen LogP contribution >= 0.6 is 23.1 Å². The number of benzene rings is 3. The number of thioether (sulfide) groups is 1. The van der Waals surface area contributed by atoms with Crippen molar-refractivity contribution in [2.24, 2.45) is 0 Å². The molecule has 10 nitrogen and oxygen atoms in total.